The monoisotopic (exact) mass is 244 g/mol. The molecule has 1 aliphatic rings. The maximum Gasteiger partial charge on any atom is 0.415 e. The van der Waals surface area contributed by atoms with Crippen molar-refractivity contribution in [3.8, 4) is 0 Å². The van der Waals surface area contributed by atoms with E-state index in [0.29, 0.717) is 0 Å². The molecule has 0 amide bonds. The predicted octanol–water partition coefficient (Wildman–Crippen LogP) is 1.99. The molecule has 5 nitrogen and oxygen atoms in total. The highest BCUT2D eigenvalue weighted by atomic mass is 32.2. The molecule has 1 rings (SSSR count). The van der Waals surface area contributed by atoms with E-state index in [1.807, 2.05) is 6.92 Å². The van der Waals surface area contributed by atoms with Gasteiger partial charge in [-0.2, -0.15) is 8.78 Å². The van der Waals surface area contributed by atoms with Gasteiger partial charge >= 0.3 is 11.2 Å². The molecule has 88 valence electrons. The minimum atomic E-state index is -3.89. The molecule has 0 spiro atoms. The Labute approximate surface area is 88.7 Å². The van der Waals surface area contributed by atoms with Crippen LogP contribution in [-0.4, -0.2) is 23.1 Å². The third-order valence-corrected chi connectivity index (χ3v) is 2.57. The normalized spacial score (nSPS) is 18.7. The Bertz CT molecular complexity index is 244. The Morgan fingerprint density at radius 2 is 2.20 bits per heavy atom. The number of ether oxygens (including phenoxy) is 1. The van der Waals surface area contributed by atoms with E-state index in [1.165, 1.54) is 0 Å². The molecule has 0 aromatic heterocycles. The van der Waals surface area contributed by atoms with Gasteiger partial charge in [-0.25, -0.2) is 10.1 Å². The molecular weight excluding hydrogens is 234 g/mol. The number of halogens is 2. The first-order valence-corrected chi connectivity index (χ1v) is 4.85. The zero-order chi connectivity index (χ0) is 11.5. The molecule has 0 saturated heterocycles. The Kier molecular flexibility index (Phi) is 3.87. The summed E-state index contributed by atoms with van der Waals surface area (Å²) in [7, 11) is 0. The van der Waals surface area contributed by atoms with Crippen molar-refractivity contribution in [2.24, 2.45) is 5.41 Å². The molecule has 0 heterocycles. The summed E-state index contributed by atoms with van der Waals surface area (Å²) in [5.41, 5.74) is -0.162. The summed E-state index contributed by atoms with van der Waals surface area (Å²) in [5, 5.41) is 6.72. The van der Waals surface area contributed by atoms with Crippen LogP contribution < -0.4 is 0 Å². The van der Waals surface area contributed by atoms with Crippen molar-refractivity contribution in [1.29, 1.82) is 0 Å². The summed E-state index contributed by atoms with van der Waals surface area (Å²) in [6.45, 7) is 1.79. The lowest BCUT2D eigenvalue weighted by Crippen LogP contribution is -2.29. The van der Waals surface area contributed by atoms with Crippen LogP contribution in [0.2, 0.25) is 0 Å². The fourth-order valence-electron chi connectivity index (χ4n) is 0.773. The lowest BCUT2D eigenvalue weighted by atomic mass is 10.2. The summed E-state index contributed by atoms with van der Waals surface area (Å²) in [6.07, 6.45) is 1.71. The summed E-state index contributed by atoms with van der Waals surface area (Å²) in [4.78, 5) is 10.8. The van der Waals surface area contributed by atoms with Crippen LogP contribution in [0, 0.1) is 5.41 Å². The van der Waals surface area contributed by atoms with E-state index in [0.717, 1.165) is 12.8 Å². The largest absolute Gasteiger partial charge is 0.460 e. The molecule has 15 heavy (non-hydrogen) atoms. The number of hydrogen-bond donors (Lipinski definition) is 1. The minimum absolute atomic E-state index is 0.0397. The van der Waals surface area contributed by atoms with Crippen molar-refractivity contribution >= 4 is 18.0 Å². The molecule has 0 atom stereocenters. The number of carbonyl (C=O) groups is 1. The van der Waals surface area contributed by atoms with Gasteiger partial charge in [-0.15, -0.1) is 4.33 Å². The van der Waals surface area contributed by atoms with Crippen molar-refractivity contribution < 1.29 is 32.9 Å². The van der Waals surface area contributed by atoms with E-state index in [2.05, 4.69) is 14.1 Å². The third kappa shape index (κ3) is 3.90. The highest BCUT2D eigenvalue weighted by molar-refractivity contribution is 7.96. The number of carbonyl (C=O) groups excluding carboxylic acids is 1. The van der Waals surface area contributed by atoms with Gasteiger partial charge in [0, 0.05) is 5.41 Å². The van der Waals surface area contributed by atoms with Gasteiger partial charge in [0.25, 0.3) is 0 Å². The smallest absolute Gasteiger partial charge is 0.415 e. The van der Waals surface area contributed by atoms with Crippen LogP contribution in [0.3, 0.4) is 0 Å². The van der Waals surface area contributed by atoms with Gasteiger partial charge in [-0.3, -0.25) is 0 Å². The predicted molar refractivity (Wildman–Crippen MR) is 45.6 cm³/mol. The Hall–Kier alpha value is -0.440. The number of alkyl halides is 2. The van der Waals surface area contributed by atoms with Crippen LogP contribution in [0.1, 0.15) is 19.8 Å². The second kappa shape index (κ2) is 4.60. The van der Waals surface area contributed by atoms with Gasteiger partial charge in [0.2, 0.25) is 0 Å². The molecule has 1 aliphatic carbocycles. The first kappa shape index (κ1) is 12.6. The van der Waals surface area contributed by atoms with Gasteiger partial charge in [0.15, 0.2) is 0 Å². The lowest BCUT2D eigenvalue weighted by Gasteiger charge is -2.14. The quantitative estimate of drug-likeness (QED) is 0.333. The molecule has 0 aromatic carbocycles. The summed E-state index contributed by atoms with van der Waals surface area (Å²) in [5.74, 6) is -1.71. The van der Waals surface area contributed by atoms with Gasteiger partial charge < -0.3 is 4.74 Å². The Morgan fingerprint density at radius 3 is 2.67 bits per heavy atom. The van der Waals surface area contributed by atoms with E-state index in [9.17, 15) is 13.6 Å². The van der Waals surface area contributed by atoms with Crippen molar-refractivity contribution in [3.63, 3.8) is 0 Å². The number of rotatable bonds is 6. The molecule has 0 aromatic rings. The van der Waals surface area contributed by atoms with Gasteiger partial charge in [-0.1, -0.05) is 12.0 Å². The van der Waals surface area contributed by atoms with Crippen molar-refractivity contribution in [3.05, 3.63) is 0 Å². The van der Waals surface area contributed by atoms with Crippen LogP contribution in [0.15, 0.2) is 0 Å². The summed E-state index contributed by atoms with van der Waals surface area (Å²) >= 11 is -0.622. The average molecular weight is 244 g/mol. The SMILES string of the molecule is CC1(COC(=O)C(F)(F)SOOO)CC1. The Morgan fingerprint density at radius 1 is 1.60 bits per heavy atom. The molecule has 0 radical (unpaired) electrons. The van der Waals surface area contributed by atoms with Crippen molar-refractivity contribution in [2.45, 2.75) is 25.0 Å². The summed E-state index contributed by atoms with van der Waals surface area (Å²) < 4.78 is 33.4. The van der Waals surface area contributed by atoms with Crippen LogP contribution in [0.25, 0.3) is 0 Å². The lowest BCUT2D eigenvalue weighted by molar-refractivity contribution is -0.433. The van der Waals surface area contributed by atoms with Gasteiger partial charge in [0.05, 0.1) is 6.61 Å². The highest BCUT2D eigenvalue weighted by Gasteiger charge is 2.46. The second-order valence-electron chi connectivity index (χ2n) is 3.63. The zero-order valence-electron chi connectivity index (χ0n) is 7.87. The fraction of sp³-hybridized carbons (Fsp3) is 0.857. The minimum Gasteiger partial charge on any atom is -0.460 e. The van der Waals surface area contributed by atoms with E-state index >= 15 is 0 Å². The molecule has 0 aliphatic heterocycles. The van der Waals surface area contributed by atoms with E-state index < -0.39 is 23.3 Å². The topological polar surface area (TPSA) is 65.0 Å². The first-order valence-electron chi connectivity index (χ1n) is 4.11. The van der Waals surface area contributed by atoms with E-state index in [1.54, 1.807) is 0 Å². The molecule has 0 bridgehead atoms. The average Bonchev–Trinajstić information content (AvgIpc) is 2.90. The van der Waals surface area contributed by atoms with Crippen LogP contribution in [0.4, 0.5) is 8.78 Å². The van der Waals surface area contributed by atoms with Crippen LogP contribution in [0.5, 0.6) is 0 Å². The van der Waals surface area contributed by atoms with Crippen molar-refractivity contribution in [1.82, 2.24) is 0 Å². The fourth-order valence-corrected chi connectivity index (χ4v) is 1.02. The maximum atomic E-state index is 12.8. The van der Waals surface area contributed by atoms with Gasteiger partial charge in [-0.05, 0) is 12.8 Å². The highest BCUT2D eigenvalue weighted by Crippen LogP contribution is 2.45. The summed E-state index contributed by atoms with van der Waals surface area (Å²) in [6, 6.07) is 0. The van der Waals surface area contributed by atoms with Crippen LogP contribution in [-0.2, 0) is 18.9 Å². The standard InChI is InChI=1S/C7H10F2O5S/c1-6(2-3-6)4-12-5(10)7(8,9)15-14-13-11/h11H,2-4H2,1H3. The maximum absolute atomic E-state index is 12.8. The third-order valence-electron chi connectivity index (χ3n) is 2.06. The molecule has 1 N–H and O–H groups in total. The number of hydrogen-bond acceptors (Lipinski definition) is 6. The van der Waals surface area contributed by atoms with Crippen LogP contribution >= 0.6 is 12.0 Å². The number of esters is 1. The molecular formula is C7H10F2O5S. The van der Waals surface area contributed by atoms with E-state index in [4.69, 9.17) is 5.26 Å². The van der Waals surface area contributed by atoms with Gasteiger partial charge in [0.1, 0.15) is 12.0 Å². The van der Waals surface area contributed by atoms with E-state index in [-0.39, 0.29) is 12.0 Å². The van der Waals surface area contributed by atoms with Crippen molar-refractivity contribution in [2.75, 3.05) is 6.61 Å². The molecule has 0 unspecified atom stereocenters. The first-order chi connectivity index (χ1) is 6.90. The second-order valence-corrected chi connectivity index (χ2v) is 4.44. The Balaban J connectivity index is 2.30. The zero-order valence-corrected chi connectivity index (χ0v) is 8.68. The molecule has 8 heteroatoms. The molecule has 1 fully saturated rings. The molecule has 1 saturated carbocycles.